The van der Waals surface area contributed by atoms with Gasteiger partial charge in [-0.1, -0.05) is 18.7 Å². The van der Waals surface area contributed by atoms with Crippen LogP contribution in [0.5, 0.6) is 0 Å². The summed E-state index contributed by atoms with van der Waals surface area (Å²) in [5.74, 6) is 1.01. The maximum absolute atomic E-state index is 10.4. The molecule has 60 valence electrons. The van der Waals surface area contributed by atoms with Gasteiger partial charge in [0.15, 0.2) is 10.6 Å². The van der Waals surface area contributed by atoms with Crippen molar-refractivity contribution in [3.05, 3.63) is 10.6 Å². The molecule has 0 N–H and O–H groups in total. The van der Waals surface area contributed by atoms with E-state index >= 15 is 0 Å². The molecule has 0 spiro atoms. The van der Waals surface area contributed by atoms with Crippen molar-refractivity contribution in [2.75, 3.05) is 5.75 Å². The lowest BCUT2D eigenvalue weighted by molar-refractivity contribution is 0.112. The minimum absolute atomic E-state index is 0.751. The molecule has 11 heavy (non-hydrogen) atoms. The van der Waals surface area contributed by atoms with Gasteiger partial charge in [-0.15, -0.1) is 11.3 Å². The van der Waals surface area contributed by atoms with Gasteiger partial charge in [0.05, 0.1) is 10.6 Å². The first-order valence-corrected chi connectivity index (χ1v) is 5.13. The highest BCUT2D eigenvalue weighted by Gasteiger charge is 2.04. The average molecular weight is 187 g/mol. The summed E-state index contributed by atoms with van der Waals surface area (Å²) < 4.78 is 0.993. The first-order chi connectivity index (χ1) is 5.27. The average Bonchev–Trinajstić information content (AvgIpc) is 2.32. The van der Waals surface area contributed by atoms with Crippen molar-refractivity contribution in [1.82, 2.24) is 4.98 Å². The van der Waals surface area contributed by atoms with Gasteiger partial charge in [0.25, 0.3) is 0 Å². The minimum Gasteiger partial charge on any atom is -0.297 e. The normalized spacial score (nSPS) is 10.0. The highest BCUT2D eigenvalue weighted by molar-refractivity contribution is 8.01. The summed E-state index contributed by atoms with van der Waals surface area (Å²) in [6, 6.07) is 0. The van der Waals surface area contributed by atoms with Gasteiger partial charge in [0, 0.05) is 0 Å². The maximum atomic E-state index is 10.4. The molecule has 2 nitrogen and oxygen atoms in total. The van der Waals surface area contributed by atoms with Crippen molar-refractivity contribution in [1.29, 1.82) is 0 Å². The maximum Gasteiger partial charge on any atom is 0.161 e. The molecule has 0 bridgehead atoms. The van der Waals surface area contributed by atoms with E-state index in [4.69, 9.17) is 0 Å². The molecule has 0 atom stereocenters. The molecule has 0 saturated heterocycles. The van der Waals surface area contributed by atoms with Crippen molar-refractivity contribution >= 4 is 29.4 Å². The van der Waals surface area contributed by atoms with Crippen LogP contribution in [0.1, 0.15) is 22.3 Å². The monoisotopic (exact) mass is 187 g/mol. The second-order valence-corrected chi connectivity index (χ2v) is 4.52. The third-order valence-corrected chi connectivity index (χ3v) is 3.30. The second-order valence-electron chi connectivity index (χ2n) is 1.98. The van der Waals surface area contributed by atoms with Crippen molar-refractivity contribution in [3.63, 3.8) is 0 Å². The highest BCUT2D eigenvalue weighted by atomic mass is 32.2. The summed E-state index contributed by atoms with van der Waals surface area (Å²) in [5, 5.41) is 0. The zero-order chi connectivity index (χ0) is 8.27. The summed E-state index contributed by atoms with van der Waals surface area (Å²) in [6.45, 7) is 3.93. The third-order valence-electron chi connectivity index (χ3n) is 1.19. The topological polar surface area (TPSA) is 30.0 Å². The van der Waals surface area contributed by atoms with Gasteiger partial charge >= 0.3 is 0 Å². The molecular weight excluding hydrogens is 178 g/mol. The van der Waals surface area contributed by atoms with Gasteiger partial charge in [0.2, 0.25) is 0 Å². The van der Waals surface area contributed by atoms with Crippen LogP contribution in [-0.2, 0) is 0 Å². The number of nitrogens with zero attached hydrogens (tertiary/aromatic N) is 1. The van der Waals surface area contributed by atoms with Crippen LogP contribution in [0.4, 0.5) is 0 Å². The molecule has 0 aliphatic rings. The number of carbonyl (C=O) groups excluding carboxylic acids is 1. The zero-order valence-corrected chi connectivity index (χ0v) is 8.09. The van der Waals surface area contributed by atoms with Gasteiger partial charge in [0.1, 0.15) is 0 Å². The number of aromatic nitrogens is 1. The van der Waals surface area contributed by atoms with E-state index in [0.717, 1.165) is 26.9 Å². The van der Waals surface area contributed by atoms with E-state index in [0.29, 0.717) is 0 Å². The second kappa shape index (κ2) is 3.88. The molecule has 0 amide bonds. The van der Waals surface area contributed by atoms with Crippen LogP contribution in [0.15, 0.2) is 4.34 Å². The molecule has 0 aliphatic heterocycles. The van der Waals surface area contributed by atoms with E-state index < -0.39 is 0 Å². The minimum atomic E-state index is 0.751. The molecule has 0 aromatic carbocycles. The number of hydrogen-bond donors (Lipinski definition) is 0. The molecule has 0 saturated carbocycles. The predicted octanol–water partition coefficient (Wildman–Crippen LogP) is 2.38. The molecular formula is C7H9NOS2. The van der Waals surface area contributed by atoms with Crippen molar-refractivity contribution in [2.45, 2.75) is 18.2 Å². The number of aldehydes is 1. The van der Waals surface area contributed by atoms with Gasteiger partial charge in [-0.3, -0.25) is 4.79 Å². The Balaban J connectivity index is 2.86. The van der Waals surface area contributed by atoms with Crippen molar-refractivity contribution < 1.29 is 4.79 Å². The fourth-order valence-electron chi connectivity index (χ4n) is 0.677. The lowest BCUT2D eigenvalue weighted by Crippen LogP contribution is -1.77. The number of rotatable bonds is 3. The predicted molar refractivity (Wildman–Crippen MR) is 48.6 cm³/mol. The highest BCUT2D eigenvalue weighted by Crippen LogP contribution is 2.25. The van der Waals surface area contributed by atoms with Gasteiger partial charge < -0.3 is 0 Å². The van der Waals surface area contributed by atoms with Gasteiger partial charge in [-0.2, -0.15) is 0 Å². The van der Waals surface area contributed by atoms with E-state index in [1.807, 2.05) is 6.92 Å². The fourth-order valence-corrected chi connectivity index (χ4v) is 2.60. The first-order valence-electron chi connectivity index (χ1n) is 3.33. The molecule has 4 heteroatoms. The van der Waals surface area contributed by atoms with Crippen LogP contribution in [0.25, 0.3) is 0 Å². The number of hydrogen-bond acceptors (Lipinski definition) is 4. The molecule has 1 aromatic heterocycles. The zero-order valence-electron chi connectivity index (χ0n) is 6.46. The van der Waals surface area contributed by atoms with Crippen LogP contribution in [0.2, 0.25) is 0 Å². The van der Waals surface area contributed by atoms with Crippen LogP contribution < -0.4 is 0 Å². The Bertz CT molecular complexity index is 257. The quantitative estimate of drug-likeness (QED) is 0.537. The number of thioether (sulfide) groups is 1. The number of aryl methyl sites for hydroxylation is 1. The summed E-state index contributed by atoms with van der Waals surface area (Å²) in [6.07, 6.45) is 0.868. The molecule has 0 aliphatic carbocycles. The lowest BCUT2D eigenvalue weighted by Gasteiger charge is -1.85. The Morgan fingerprint density at radius 1 is 1.73 bits per heavy atom. The van der Waals surface area contributed by atoms with Crippen molar-refractivity contribution in [3.8, 4) is 0 Å². The van der Waals surface area contributed by atoms with Crippen molar-refractivity contribution in [2.24, 2.45) is 0 Å². The van der Waals surface area contributed by atoms with Gasteiger partial charge in [-0.25, -0.2) is 4.98 Å². The lowest BCUT2D eigenvalue weighted by atomic mass is 10.4. The Labute approximate surface area is 74.0 Å². The molecule has 1 rings (SSSR count). The standard InChI is InChI=1S/C7H9NOS2/c1-3-10-7-8-5(2)6(4-9)11-7/h4H,3H2,1-2H3. The number of thiazole rings is 1. The molecule has 0 fully saturated rings. The van der Waals surface area contributed by atoms with Gasteiger partial charge in [-0.05, 0) is 12.7 Å². The van der Waals surface area contributed by atoms with E-state index in [1.54, 1.807) is 11.8 Å². The number of carbonyl (C=O) groups is 1. The Kier molecular flexibility index (Phi) is 3.08. The fraction of sp³-hybridized carbons (Fsp3) is 0.429. The van der Waals surface area contributed by atoms with Crippen LogP contribution in [-0.4, -0.2) is 17.0 Å². The Hall–Kier alpha value is -0.350. The summed E-state index contributed by atoms with van der Waals surface area (Å²) >= 11 is 3.14. The van der Waals surface area contributed by atoms with E-state index in [1.165, 1.54) is 11.3 Å². The molecule has 0 radical (unpaired) electrons. The van der Waals surface area contributed by atoms with E-state index in [9.17, 15) is 4.79 Å². The van der Waals surface area contributed by atoms with E-state index in [2.05, 4.69) is 11.9 Å². The largest absolute Gasteiger partial charge is 0.297 e. The summed E-state index contributed by atoms with van der Waals surface area (Å²) in [7, 11) is 0. The van der Waals surface area contributed by atoms with Crippen LogP contribution in [0, 0.1) is 6.92 Å². The van der Waals surface area contributed by atoms with Crippen LogP contribution >= 0.6 is 23.1 Å². The Morgan fingerprint density at radius 2 is 2.45 bits per heavy atom. The molecule has 1 heterocycles. The molecule has 1 aromatic rings. The summed E-state index contributed by atoms with van der Waals surface area (Å²) in [4.78, 5) is 15.4. The Morgan fingerprint density at radius 3 is 2.91 bits per heavy atom. The van der Waals surface area contributed by atoms with E-state index in [-0.39, 0.29) is 0 Å². The smallest absolute Gasteiger partial charge is 0.161 e. The SMILES string of the molecule is CCSc1nc(C)c(C=O)s1. The summed E-state index contributed by atoms with van der Waals surface area (Å²) in [5.41, 5.74) is 0.848. The molecule has 0 unspecified atom stereocenters. The third kappa shape index (κ3) is 2.04. The van der Waals surface area contributed by atoms with Crippen LogP contribution in [0.3, 0.4) is 0 Å². The first kappa shape index (κ1) is 8.74.